The molecule has 102 valence electrons. The second-order valence-corrected chi connectivity index (χ2v) is 6.87. The van der Waals surface area contributed by atoms with Gasteiger partial charge in [-0.05, 0) is 47.4 Å². The van der Waals surface area contributed by atoms with Gasteiger partial charge >= 0.3 is 0 Å². The van der Waals surface area contributed by atoms with Gasteiger partial charge in [-0.1, -0.05) is 42.8 Å². The van der Waals surface area contributed by atoms with Crippen molar-refractivity contribution in [3.8, 4) is 11.5 Å². The molecule has 2 aromatic carbocycles. The van der Waals surface area contributed by atoms with E-state index in [2.05, 4.69) is 53.8 Å². The fraction of sp³-hybridized carbons (Fsp3) is 0.235. The van der Waals surface area contributed by atoms with E-state index < -0.39 is 0 Å². The molecule has 0 aliphatic rings. The van der Waals surface area contributed by atoms with Crippen LogP contribution >= 0.6 is 15.9 Å². The second kappa shape index (κ2) is 4.74. The van der Waals surface area contributed by atoms with Gasteiger partial charge in [0.2, 0.25) is 5.89 Å². The first-order chi connectivity index (χ1) is 9.43. The fourth-order valence-corrected chi connectivity index (χ4v) is 2.37. The summed E-state index contributed by atoms with van der Waals surface area (Å²) < 4.78 is 6.88. The summed E-state index contributed by atoms with van der Waals surface area (Å²) in [5, 5.41) is 0. The highest BCUT2D eigenvalue weighted by atomic mass is 79.9. The summed E-state index contributed by atoms with van der Waals surface area (Å²) in [4.78, 5) is 4.60. The molecular weight excluding hydrogens is 314 g/mol. The van der Waals surface area contributed by atoms with Gasteiger partial charge < -0.3 is 4.42 Å². The highest BCUT2D eigenvalue weighted by Crippen LogP contribution is 2.29. The van der Waals surface area contributed by atoms with Crippen molar-refractivity contribution in [3.63, 3.8) is 0 Å². The number of oxazole rings is 1. The lowest BCUT2D eigenvalue weighted by molar-refractivity contribution is 0.590. The van der Waals surface area contributed by atoms with Crippen molar-refractivity contribution in [2.45, 2.75) is 26.2 Å². The molecule has 0 N–H and O–H groups in total. The number of benzene rings is 2. The molecule has 0 spiro atoms. The molecule has 0 unspecified atom stereocenters. The van der Waals surface area contributed by atoms with E-state index >= 15 is 0 Å². The number of nitrogens with zero attached hydrogens (tertiary/aromatic N) is 1. The summed E-state index contributed by atoms with van der Waals surface area (Å²) in [5.74, 6) is 0.665. The minimum atomic E-state index is 0.116. The van der Waals surface area contributed by atoms with E-state index in [0.717, 1.165) is 21.1 Å². The normalized spacial score (nSPS) is 12.0. The van der Waals surface area contributed by atoms with Crippen molar-refractivity contribution in [2.75, 3.05) is 0 Å². The smallest absolute Gasteiger partial charge is 0.227 e. The average molecular weight is 330 g/mol. The van der Waals surface area contributed by atoms with Crippen LogP contribution < -0.4 is 0 Å². The van der Waals surface area contributed by atoms with E-state index in [1.165, 1.54) is 5.56 Å². The molecule has 2 nitrogen and oxygen atoms in total. The second-order valence-electron chi connectivity index (χ2n) is 5.96. The van der Waals surface area contributed by atoms with Crippen molar-refractivity contribution in [2.24, 2.45) is 0 Å². The summed E-state index contributed by atoms with van der Waals surface area (Å²) >= 11 is 3.43. The van der Waals surface area contributed by atoms with Crippen molar-refractivity contribution < 1.29 is 4.42 Å². The van der Waals surface area contributed by atoms with Gasteiger partial charge in [-0.3, -0.25) is 0 Å². The lowest BCUT2D eigenvalue weighted by atomic mass is 9.87. The molecule has 1 heterocycles. The zero-order valence-corrected chi connectivity index (χ0v) is 13.4. The molecule has 0 aliphatic carbocycles. The Balaban J connectivity index is 2.09. The minimum absolute atomic E-state index is 0.116. The minimum Gasteiger partial charge on any atom is -0.436 e. The molecule has 3 rings (SSSR count). The van der Waals surface area contributed by atoms with Crippen LogP contribution in [0.1, 0.15) is 26.3 Å². The molecule has 0 saturated carbocycles. The first kappa shape index (κ1) is 13.4. The molecule has 0 bridgehead atoms. The first-order valence-corrected chi connectivity index (χ1v) is 7.40. The molecule has 3 aromatic rings. The molecule has 0 aliphatic heterocycles. The first-order valence-electron chi connectivity index (χ1n) is 6.60. The highest BCUT2D eigenvalue weighted by Gasteiger charge is 2.16. The van der Waals surface area contributed by atoms with Crippen molar-refractivity contribution in [3.05, 3.63) is 52.5 Å². The number of hydrogen-bond donors (Lipinski definition) is 0. The van der Waals surface area contributed by atoms with E-state index in [4.69, 9.17) is 4.42 Å². The number of aromatic nitrogens is 1. The molecule has 0 amide bonds. The van der Waals surface area contributed by atoms with Crippen molar-refractivity contribution >= 4 is 27.0 Å². The van der Waals surface area contributed by atoms with E-state index in [-0.39, 0.29) is 5.41 Å². The maximum Gasteiger partial charge on any atom is 0.227 e. The van der Waals surface area contributed by atoms with Gasteiger partial charge in [-0.2, -0.15) is 0 Å². The zero-order valence-electron chi connectivity index (χ0n) is 11.8. The molecular formula is C17H16BrNO. The van der Waals surface area contributed by atoms with Crippen LogP contribution in [0.25, 0.3) is 22.6 Å². The highest BCUT2D eigenvalue weighted by molar-refractivity contribution is 9.10. The monoisotopic (exact) mass is 329 g/mol. The third kappa shape index (κ3) is 2.50. The summed E-state index contributed by atoms with van der Waals surface area (Å²) in [5.41, 5.74) is 4.11. The summed E-state index contributed by atoms with van der Waals surface area (Å²) in [6.07, 6.45) is 0. The molecule has 0 saturated heterocycles. The maximum atomic E-state index is 5.84. The number of halogens is 1. The lowest BCUT2D eigenvalue weighted by Crippen LogP contribution is -2.10. The van der Waals surface area contributed by atoms with Crippen LogP contribution in [0.4, 0.5) is 0 Å². The van der Waals surface area contributed by atoms with Gasteiger partial charge in [0.05, 0.1) is 0 Å². The third-order valence-corrected chi connectivity index (χ3v) is 3.87. The van der Waals surface area contributed by atoms with Crippen LogP contribution in [-0.2, 0) is 5.41 Å². The summed E-state index contributed by atoms with van der Waals surface area (Å²) in [6.45, 7) is 6.59. The number of hydrogen-bond acceptors (Lipinski definition) is 2. The van der Waals surface area contributed by atoms with Crippen molar-refractivity contribution in [1.29, 1.82) is 0 Å². The predicted molar refractivity (Wildman–Crippen MR) is 85.8 cm³/mol. The van der Waals surface area contributed by atoms with Gasteiger partial charge in [-0.15, -0.1) is 0 Å². The van der Waals surface area contributed by atoms with Crippen LogP contribution in [0.3, 0.4) is 0 Å². The summed E-state index contributed by atoms with van der Waals surface area (Å²) in [7, 11) is 0. The summed E-state index contributed by atoms with van der Waals surface area (Å²) in [6, 6.07) is 14.2. The van der Waals surface area contributed by atoms with Gasteiger partial charge in [0.15, 0.2) is 5.58 Å². The Bertz CT molecular complexity index is 751. The fourth-order valence-electron chi connectivity index (χ4n) is 2.11. The zero-order chi connectivity index (χ0) is 14.3. The van der Waals surface area contributed by atoms with Crippen molar-refractivity contribution in [1.82, 2.24) is 4.98 Å². The maximum absolute atomic E-state index is 5.84. The van der Waals surface area contributed by atoms with E-state index in [1.807, 2.05) is 30.3 Å². The SMILES string of the molecule is CC(C)(C)c1ccc2oc(-c3ccc(Br)cc3)nc2c1. The van der Waals surface area contributed by atoms with Gasteiger partial charge in [0.1, 0.15) is 5.52 Å². The number of rotatable bonds is 1. The Hall–Kier alpha value is -1.61. The Labute approximate surface area is 127 Å². The van der Waals surface area contributed by atoms with Gasteiger partial charge in [0.25, 0.3) is 0 Å². The Morgan fingerprint density at radius 1 is 1.00 bits per heavy atom. The van der Waals surface area contributed by atoms with Crippen LogP contribution in [0, 0.1) is 0 Å². The van der Waals surface area contributed by atoms with Crippen LogP contribution in [0.15, 0.2) is 51.4 Å². The van der Waals surface area contributed by atoms with E-state index in [0.29, 0.717) is 5.89 Å². The van der Waals surface area contributed by atoms with Crippen LogP contribution in [0.5, 0.6) is 0 Å². The Kier molecular flexibility index (Phi) is 3.17. The van der Waals surface area contributed by atoms with Gasteiger partial charge in [-0.25, -0.2) is 4.98 Å². The number of fused-ring (bicyclic) bond motifs is 1. The van der Waals surface area contributed by atoms with Crippen LogP contribution in [0.2, 0.25) is 0 Å². The third-order valence-electron chi connectivity index (χ3n) is 3.34. The largest absolute Gasteiger partial charge is 0.436 e. The molecule has 0 atom stereocenters. The molecule has 0 radical (unpaired) electrons. The predicted octanol–water partition coefficient (Wildman–Crippen LogP) is 5.55. The van der Waals surface area contributed by atoms with Gasteiger partial charge in [0, 0.05) is 10.0 Å². The molecule has 0 fully saturated rings. The lowest BCUT2D eigenvalue weighted by Gasteiger charge is -2.18. The standard InChI is InChI=1S/C17H16BrNO/c1-17(2,3)12-6-9-15-14(10-12)19-16(20-15)11-4-7-13(18)8-5-11/h4-10H,1-3H3. The molecule has 3 heteroatoms. The average Bonchev–Trinajstić information content (AvgIpc) is 2.81. The van der Waals surface area contributed by atoms with E-state index in [1.54, 1.807) is 0 Å². The van der Waals surface area contributed by atoms with Crippen LogP contribution in [-0.4, -0.2) is 4.98 Å². The topological polar surface area (TPSA) is 26.0 Å². The van der Waals surface area contributed by atoms with E-state index in [9.17, 15) is 0 Å². The molecule has 20 heavy (non-hydrogen) atoms. The Morgan fingerprint density at radius 3 is 2.35 bits per heavy atom. The quantitative estimate of drug-likeness (QED) is 0.584. The molecule has 1 aromatic heterocycles. The Morgan fingerprint density at radius 2 is 1.70 bits per heavy atom.